The van der Waals surface area contributed by atoms with E-state index in [0.717, 1.165) is 17.9 Å². The maximum Gasteiger partial charge on any atom is 0.0377 e. The van der Waals surface area contributed by atoms with Gasteiger partial charge in [-0.15, -0.1) is 0 Å². The Balaban J connectivity index is 1.48. The van der Waals surface area contributed by atoms with Crippen molar-refractivity contribution in [1.29, 1.82) is 0 Å². The van der Waals surface area contributed by atoms with Gasteiger partial charge in [-0.1, -0.05) is 25.0 Å². The van der Waals surface area contributed by atoms with Gasteiger partial charge in [0, 0.05) is 11.7 Å². The average Bonchev–Trinajstić information content (AvgIpc) is 3.33. The van der Waals surface area contributed by atoms with Gasteiger partial charge >= 0.3 is 0 Å². The molecular formula is C19H27N. The molecule has 108 valence electrons. The summed E-state index contributed by atoms with van der Waals surface area (Å²) in [5, 5.41) is 3.92. The Bertz CT molecular complexity index is 475. The Morgan fingerprint density at radius 3 is 2.65 bits per heavy atom. The van der Waals surface area contributed by atoms with Crippen molar-refractivity contribution in [3.05, 3.63) is 29.3 Å². The lowest BCUT2D eigenvalue weighted by atomic mass is 9.82. The van der Waals surface area contributed by atoms with Crippen LogP contribution < -0.4 is 5.32 Å². The summed E-state index contributed by atoms with van der Waals surface area (Å²) in [4.78, 5) is 0. The lowest BCUT2D eigenvalue weighted by Gasteiger charge is -2.32. The third-order valence-electron chi connectivity index (χ3n) is 5.76. The molecule has 0 spiro atoms. The number of fused-ring (bicyclic) bond motifs is 1. The fraction of sp³-hybridized carbons (Fsp3) is 0.684. The number of hydrogen-bond donors (Lipinski definition) is 1. The van der Waals surface area contributed by atoms with Crippen LogP contribution >= 0.6 is 0 Å². The molecule has 4 rings (SSSR count). The Morgan fingerprint density at radius 2 is 1.75 bits per heavy atom. The molecule has 0 heterocycles. The molecule has 2 atom stereocenters. The minimum absolute atomic E-state index is 0.739. The van der Waals surface area contributed by atoms with Gasteiger partial charge in [0.15, 0.2) is 0 Å². The minimum atomic E-state index is 0.739. The molecule has 0 bridgehead atoms. The molecule has 1 nitrogen and oxygen atoms in total. The van der Waals surface area contributed by atoms with Gasteiger partial charge in [0.1, 0.15) is 0 Å². The van der Waals surface area contributed by atoms with Crippen molar-refractivity contribution >= 4 is 5.69 Å². The zero-order valence-electron chi connectivity index (χ0n) is 12.5. The molecule has 1 N–H and O–H groups in total. The highest BCUT2D eigenvalue weighted by atomic mass is 14.9. The van der Waals surface area contributed by atoms with Crippen molar-refractivity contribution in [3.8, 4) is 0 Å². The average molecular weight is 269 g/mol. The van der Waals surface area contributed by atoms with Crippen LogP contribution in [-0.4, -0.2) is 6.04 Å². The third kappa shape index (κ3) is 2.60. The van der Waals surface area contributed by atoms with Gasteiger partial charge in [-0.2, -0.15) is 0 Å². The van der Waals surface area contributed by atoms with Gasteiger partial charge in [0.25, 0.3) is 0 Å². The van der Waals surface area contributed by atoms with Crippen molar-refractivity contribution < 1.29 is 0 Å². The highest BCUT2D eigenvalue weighted by molar-refractivity contribution is 5.56. The molecule has 0 amide bonds. The van der Waals surface area contributed by atoms with Crippen LogP contribution in [-0.2, 0) is 12.8 Å². The summed E-state index contributed by atoms with van der Waals surface area (Å²) >= 11 is 0. The van der Waals surface area contributed by atoms with Gasteiger partial charge in [-0.3, -0.25) is 0 Å². The van der Waals surface area contributed by atoms with Crippen LogP contribution in [0.2, 0.25) is 0 Å². The Labute approximate surface area is 123 Å². The van der Waals surface area contributed by atoms with Gasteiger partial charge in [0.2, 0.25) is 0 Å². The number of rotatable bonds is 3. The SMILES string of the molecule is c1cc2c(c(NC3CCCC(C4CC4)C3)c1)CCCC2. The summed E-state index contributed by atoms with van der Waals surface area (Å²) < 4.78 is 0. The molecule has 20 heavy (non-hydrogen) atoms. The highest BCUT2D eigenvalue weighted by Crippen LogP contribution is 2.44. The largest absolute Gasteiger partial charge is 0.382 e. The van der Waals surface area contributed by atoms with E-state index < -0.39 is 0 Å². The van der Waals surface area contributed by atoms with Gasteiger partial charge in [-0.25, -0.2) is 0 Å². The first-order valence-electron chi connectivity index (χ1n) is 8.77. The molecule has 1 aromatic rings. The number of hydrogen-bond acceptors (Lipinski definition) is 1. The summed E-state index contributed by atoms with van der Waals surface area (Å²) in [5.74, 6) is 2.12. The molecule has 0 radical (unpaired) electrons. The topological polar surface area (TPSA) is 12.0 Å². The molecule has 0 aliphatic heterocycles. The molecule has 2 saturated carbocycles. The van der Waals surface area contributed by atoms with E-state index in [4.69, 9.17) is 0 Å². The van der Waals surface area contributed by atoms with Crippen LogP contribution in [0.25, 0.3) is 0 Å². The van der Waals surface area contributed by atoms with E-state index in [2.05, 4.69) is 23.5 Å². The lowest BCUT2D eigenvalue weighted by Crippen LogP contribution is -2.28. The molecule has 2 fully saturated rings. The van der Waals surface area contributed by atoms with Gasteiger partial charge in [-0.05, 0) is 80.4 Å². The molecule has 0 aromatic heterocycles. The summed E-state index contributed by atoms with van der Waals surface area (Å²) in [6.45, 7) is 0. The second-order valence-electron chi connectivity index (χ2n) is 7.26. The lowest BCUT2D eigenvalue weighted by molar-refractivity contribution is 0.303. The van der Waals surface area contributed by atoms with E-state index in [1.165, 1.54) is 69.9 Å². The number of anilines is 1. The van der Waals surface area contributed by atoms with Crippen LogP contribution in [0.1, 0.15) is 62.5 Å². The fourth-order valence-corrected chi connectivity index (χ4v) is 4.49. The quantitative estimate of drug-likeness (QED) is 0.819. The van der Waals surface area contributed by atoms with Crippen LogP contribution in [0.5, 0.6) is 0 Å². The molecule has 3 aliphatic carbocycles. The predicted molar refractivity (Wildman–Crippen MR) is 85.2 cm³/mol. The van der Waals surface area contributed by atoms with Gasteiger partial charge in [0.05, 0.1) is 0 Å². The van der Waals surface area contributed by atoms with Crippen molar-refractivity contribution in [2.24, 2.45) is 11.8 Å². The van der Waals surface area contributed by atoms with Crippen LogP contribution in [0.4, 0.5) is 5.69 Å². The molecule has 0 saturated heterocycles. The molecule has 2 unspecified atom stereocenters. The van der Waals surface area contributed by atoms with Gasteiger partial charge < -0.3 is 5.32 Å². The van der Waals surface area contributed by atoms with E-state index in [1.54, 1.807) is 11.1 Å². The molecule has 1 heteroatoms. The third-order valence-corrected chi connectivity index (χ3v) is 5.76. The molecule has 1 aromatic carbocycles. The monoisotopic (exact) mass is 269 g/mol. The van der Waals surface area contributed by atoms with E-state index in [9.17, 15) is 0 Å². The van der Waals surface area contributed by atoms with E-state index in [1.807, 2.05) is 0 Å². The first kappa shape index (κ1) is 12.7. The Hall–Kier alpha value is -0.980. The summed E-state index contributed by atoms with van der Waals surface area (Å²) in [5.41, 5.74) is 4.70. The molecular weight excluding hydrogens is 242 g/mol. The normalized spacial score (nSPS) is 29.8. The number of nitrogens with one attached hydrogen (secondary N) is 1. The van der Waals surface area contributed by atoms with Crippen molar-refractivity contribution in [2.75, 3.05) is 5.32 Å². The van der Waals surface area contributed by atoms with E-state index in [0.29, 0.717) is 0 Å². The van der Waals surface area contributed by atoms with Crippen LogP contribution in [0.3, 0.4) is 0 Å². The standard InChI is InChI=1S/C19H27N/c1-2-9-18-15(5-1)6-4-10-19(18)20-17-8-3-7-16(13-17)14-11-12-14/h4,6,10,14,16-17,20H,1-3,5,7-9,11-13H2. The first-order valence-corrected chi connectivity index (χ1v) is 8.77. The predicted octanol–water partition coefficient (Wildman–Crippen LogP) is 4.95. The van der Waals surface area contributed by atoms with Crippen molar-refractivity contribution in [2.45, 2.75) is 70.3 Å². The number of aryl methyl sites for hydroxylation is 1. The first-order chi connectivity index (χ1) is 9.90. The van der Waals surface area contributed by atoms with Crippen molar-refractivity contribution in [3.63, 3.8) is 0 Å². The van der Waals surface area contributed by atoms with Crippen LogP contribution in [0, 0.1) is 11.8 Å². The zero-order valence-corrected chi connectivity index (χ0v) is 12.5. The minimum Gasteiger partial charge on any atom is -0.382 e. The highest BCUT2D eigenvalue weighted by Gasteiger charge is 2.34. The second kappa shape index (κ2) is 5.42. The fourth-order valence-electron chi connectivity index (χ4n) is 4.49. The molecule has 3 aliphatic rings. The Kier molecular flexibility index (Phi) is 3.45. The Morgan fingerprint density at radius 1 is 0.850 bits per heavy atom. The zero-order chi connectivity index (χ0) is 13.4. The smallest absolute Gasteiger partial charge is 0.0377 e. The number of benzene rings is 1. The van der Waals surface area contributed by atoms with Crippen LogP contribution in [0.15, 0.2) is 18.2 Å². The van der Waals surface area contributed by atoms with E-state index >= 15 is 0 Å². The van der Waals surface area contributed by atoms with Crippen molar-refractivity contribution in [1.82, 2.24) is 0 Å². The summed E-state index contributed by atoms with van der Waals surface area (Å²) in [7, 11) is 0. The maximum absolute atomic E-state index is 3.92. The van der Waals surface area contributed by atoms with E-state index in [-0.39, 0.29) is 0 Å². The summed E-state index contributed by atoms with van der Waals surface area (Å²) in [6.07, 6.45) is 14.1. The summed E-state index contributed by atoms with van der Waals surface area (Å²) in [6, 6.07) is 7.66. The maximum atomic E-state index is 3.92. The second-order valence-corrected chi connectivity index (χ2v) is 7.26.